The lowest BCUT2D eigenvalue weighted by atomic mass is 10.6. The Morgan fingerprint density at radius 3 is 2.76 bits per heavy atom. The molecule has 96 valence electrons. The molecule has 0 aliphatic carbocycles. The second-order valence-corrected chi connectivity index (χ2v) is 11.8. The van der Waals surface area contributed by atoms with Crippen molar-refractivity contribution in [2.24, 2.45) is 5.73 Å². The Morgan fingerprint density at radius 1 is 1.59 bits per heavy atom. The van der Waals surface area contributed by atoms with Gasteiger partial charge in [0.1, 0.15) is 10.4 Å². The molecule has 1 heterocycles. The fraction of sp³-hybridized carbons (Fsp3) is 0.600. The van der Waals surface area contributed by atoms with Gasteiger partial charge in [0.05, 0.1) is 0 Å². The van der Waals surface area contributed by atoms with Gasteiger partial charge in [-0.2, -0.15) is 0 Å². The molecule has 2 N–H and O–H groups in total. The Hall–Kier alpha value is -0.413. The van der Waals surface area contributed by atoms with Crippen LogP contribution in [0.5, 0.6) is 0 Å². The summed E-state index contributed by atoms with van der Waals surface area (Å²) in [6.07, 6.45) is 1.76. The molecule has 5 nitrogen and oxygen atoms in total. The van der Waals surface area contributed by atoms with Crippen LogP contribution in [0.1, 0.15) is 10.6 Å². The third-order valence-corrected chi connectivity index (χ3v) is 4.42. The Kier molecular flexibility index (Phi) is 5.14. The highest BCUT2D eigenvalue weighted by Crippen LogP contribution is 2.09. The van der Waals surface area contributed by atoms with Crippen LogP contribution in [0.2, 0.25) is 25.7 Å². The van der Waals surface area contributed by atoms with Crippen molar-refractivity contribution < 1.29 is 9.53 Å². The number of nitrogens with zero attached hydrogens (tertiary/aromatic N) is 2. The SMILES string of the molecule is C[Si](C)(C)CCOCn1cc(I)nc1C(N)=O. The maximum absolute atomic E-state index is 11.1. The summed E-state index contributed by atoms with van der Waals surface area (Å²) < 4.78 is 7.93. The van der Waals surface area contributed by atoms with Gasteiger partial charge in [-0.25, -0.2) is 4.98 Å². The quantitative estimate of drug-likeness (QED) is 0.474. The lowest BCUT2D eigenvalue weighted by Crippen LogP contribution is -2.23. The van der Waals surface area contributed by atoms with Gasteiger partial charge in [-0.05, 0) is 28.6 Å². The summed E-state index contributed by atoms with van der Waals surface area (Å²) in [7, 11) is -1.07. The molecule has 0 aliphatic heterocycles. The van der Waals surface area contributed by atoms with E-state index < -0.39 is 14.0 Å². The normalized spacial score (nSPS) is 11.8. The van der Waals surface area contributed by atoms with E-state index in [2.05, 4.69) is 24.6 Å². The molecule has 0 aromatic carbocycles. The third-order valence-electron chi connectivity index (χ3n) is 2.19. The standard InChI is InChI=1S/C10H18IN3O2Si/c1-17(2,3)5-4-16-7-14-6-8(11)13-10(14)9(12)15/h6H,4-5,7H2,1-3H3,(H2,12,15). The highest BCUT2D eigenvalue weighted by Gasteiger charge is 2.14. The van der Waals surface area contributed by atoms with Gasteiger partial charge in [0, 0.05) is 20.9 Å². The maximum Gasteiger partial charge on any atom is 0.284 e. The van der Waals surface area contributed by atoms with Gasteiger partial charge in [0.2, 0.25) is 5.82 Å². The Morgan fingerprint density at radius 2 is 2.24 bits per heavy atom. The van der Waals surface area contributed by atoms with Crippen LogP contribution in [0, 0.1) is 3.70 Å². The van der Waals surface area contributed by atoms with Crippen LogP contribution in [0.4, 0.5) is 0 Å². The van der Waals surface area contributed by atoms with Gasteiger partial charge in [0.15, 0.2) is 0 Å². The maximum atomic E-state index is 11.1. The molecule has 0 saturated heterocycles. The van der Waals surface area contributed by atoms with Crippen molar-refractivity contribution in [1.29, 1.82) is 0 Å². The monoisotopic (exact) mass is 367 g/mol. The smallest absolute Gasteiger partial charge is 0.284 e. The van der Waals surface area contributed by atoms with Crippen molar-refractivity contribution >= 4 is 36.6 Å². The molecule has 0 radical (unpaired) electrons. The van der Waals surface area contributed by atoms with Crippen LogP contribution < -0.4 is 5.73 Å². The number of carbonyl (C=O) groups is 1. The van der Waals surface area contributed by atoms with Crippen LogP contribution in [0.3, 0.4) is 0 Å². The van der Waals surface area contributed by atoms with Gasteiger partial charge in [0.25, 0.3) is 5.91 Å². The highest BCUT2D eigenvalue weighted by atomic mass is 127. The lowest BCUT2D eigenvalue weighted by molar-refractivity contribution is 0.0801. The van der Waals surface area contributed by atoms with Crippen molar-refractivity contribution in [2.75, 3.05) is 6.61 Å². The minimum absolute atomic E-state index is 0.252. The van der Waals surface area contributed by atoms with E-state index in [1.165, 1.54) is 0 Å². The lowest BCUT2D eigenvalue weighted by Gasteiger charge is -2.15. The summed E-state index contributed by atoms with van der Waals surface area (Å²) >= 11 is 2.05. The summed E-state index contributed by atoms with van der Waals surface area (Å²) in [5, 5.41) is 0. The summed E-state index contributed by atoms with van der Waals surface area (Å²) in [6, 6.07) is 1.10. The summed E-state index contributed by atoms with van der Waals surface area (Å²) in [4.78, 5) is 15.2. The van der Waals surface area contributed by atoms with Crippen molar-refractivity contribution in [3.63, 3.8) is 0 Å². The zero-order chi connectivity index (χ0) is 13.1. The first-order valence-electron chi connectivity index (χ1n) is 5.40. The second-order valence-electron chi connectivity index (χ2n) is 5.07. The molecule has 1 amide bonds. The van der Waals surface area contributed by atoms with Crippen LogP contribution >= 0.6 is 22.6 Å². The molecule has 0 aliphatic rings. The number of amides is 1. The second kappa shape index (κ2) is 5.96. The van der Waals surface area contributed by atoms with E-state index in [0.29, 0.717) is 13.3 Å². The molecule has 17 heavy (non-hydrogen) atoms. The number of carbonyl (C=O) groups excluding carboxylic acids is 1. The van der Waals surface area contributed by atoms with Crippen LogP contribution in [-0.2, 0) is 11.5 Å². The Labute approximate surface area is 116 Å². The first kappa shape index (κ1) is 14.6. The van der Waals surface area contributed by atoms with Gasteiger partial charge >= 0.3 is 0 Å². The van der Waals surface area contributed by atoms with E-state index in [1.807, 2.05) is 22.6 Å². The third kappa shape index (κ3) is 5.17. The molecule has 0 spiro atoms. The molecule has 0 unspecified atom stereocenters. The first-order chi connectivity index (χ1) is 7.79. The van der Waals surface area contributed by atoms with E-state index >= 15 is 0 Å². The van der Waals surface area contributed by atoms with Crippen LogP contribution in [0.25, 0.3) is 0 Å². The zero-order valence-corrected chi connectivity index (χ0v) is 13.5. The van der Waals surface area contributed by atoms with Gasteiger partial charge in [-0.3, -0.25) is 4.79 Å². The molecular formula is C10H18IN3O2Si. The number of nitrogens with two attached hydrogens (primary N) is 1. The average Bonchev–Trinajstić information content (AvgIpc) is 2.53. The minimum Gasteiger partial charge on any atom is -0.363 e. The number of hydrogen-bond donors (Lipinski definition) is 1. The molecule has 0 fully saturated rings. The Balaban J connectivity index is 2.49. The molecule has 7 heteroatoms. The largest absolute Gasteiger partial charge is 0.363 e. The van der Waals surface area contributed by atoms with Gasteiger partial charge in [-0.1, -0.05) is 19.6 Å². The van der Waals surface area contributed by atoms with Gasteiger partial charge < -0.3 is 15.0 Å². The average molecular weight is 367 g/mol. The van der Waals surface area contributed by atoms with Crippen molar-refractivity contribution in [3.8, 4) is 0 Å². The predicted molar refractivity (Wildman–Crippen MR) is 77.6 cm³/mol. The van der Waals surface area contributed by atoms with Gasteiger partial charge in [-0.15, -0.1) is 0 Å². The molecule has 1 rings (SSSR count). The zero-order valence-electron chi connectivity index (χ0n) is 10.4. The van der Waals surface area contributed by atoms with Crippen molar-refractivity contribution in [2.45, 2.75) is 32.4 Å². The number of rotatable bonds is 6. The number of primary amides is 1. The van der Waals surface area contributed by atoms with E-state index in [-0.39, 0.29) is 5.82 Å². The molecule has 1 aromatic heterocycles. The number of aromatic nitrogens is 2. The highest BCUT2D eigenvalue weighted by molar-refractivity contribution is 14.1. The number of halogens is 1. The molecule has 0 saturated carbocycles. The minimum atomic E-state index is -1.07. The molecule has 1 aromatic rings. The van der Waals surface area contributed by atoms with Crippen molar-refractivity contribution in [1.82, 2.24) is 9.55 Å². The fourth-order valence-corrected chi connectivity index (χ4v) is 2.54. The molecule has 0 bridgehead atoms. The summed E-state index contributed by atoms with van der Waals surface area (Å²) in [6.45, 7) is 7.93. The number of imidazole rings is 1. The van der Waals surface area contributed by atoms with Crippen LogP contribution in [0.15, 0.2) is 6.20 Å². The summed E-state index contributed by atoms with van der Waals surface area (Å²) in [5.74, 6) is -0.274. The first-order valence-corrected chi connectivity index (χ1v) is 10.2. The Bertz CT molecular complexity index is 401. The van der Waals surface area contributed by atoms with E-state index in [4.69, 9.17) is 10.5 Å². The van der Waals surface area contributed by atoms with E-state index in [0.717, 1.165) is 9.74 Å². The molecular weight excluding hydrogens is 349 g/mol. The topological polar surface area (TPSA) is 70.1 Å². The van der Waals surface area contributed by atoms with E-state index in [9.17, 15) is 4.79 Å². The molecule has 0 atom stereocenters. The summed E-state index contributed by atoms with van der Waals surface area (Å²) in [5.41, 5.74) is 5.23. The van der Waals surface area contributed by atoms with E-state index in [1.54, 1.807) is 10.8 Å². The van der Waals surface area contributed by atoms with Crippen LogP contribution in [-0.4, -0.2) is 30.1 Å². The predicted octanol–water partition coefficient (Wildman–Crippen LogP) is 1.90. The number of hydrogen-bond acceptors (Lipinski definition) is 3. The van der Waals surface area contributed by atoms with Crippen molar-refractivity contribution in [3.05, 3.63) is 15.7 Å². The number of ether oxygens (including phenoxy) is 1. The fourth-order valence-electron chi connectivity index (χ4n) is 1.22.